The fourth-order valence-electron chi connectivity index (χ4n) is 2.71. The molecule has 3 aromatic carbocycles. The Balaban J connectivity index is 1.71. The molecule has 0 unspecified atom stereocenters. The molecule has 1 aromatic heterocycles. The highest BCUT2D eigenvalue weighted by molar-refractivity contribution is 5.94. The summed E-state index contributed by atoms with van der Waals surface area (Å²) in [5.74, 6) is 0.810. The van der Waals surface area contributed by atoms with Crippen molar-refractivity contribution < 1.29 is 4.74 Å². The number of nitrogens with two attached hydrogens (primary N) is 1. The van der Waals surface area contributed by atoms with Gasteiger partial charge in [0, 0.05) is 16.5 Å². The van der Waals surface area contributed by atoms with E-state index in [2.05, 4.69) is 18.2 Å². The zero-order valence-corrected chi connectivity index (χ0v) is 12.6. The highest BCUT2D eigenvalue weighted by atomic mass is 16.5. The molecule has 0 radical (unpaired) electrons. The van der Waals surface area contributed by atoms with E-state index in [4.69, 9.17) is 15.5 Å². The largest absolute Gasteiger partial charge is 0.489 e. The number of para-hydroxylation sites is 1. The molecule has 2 N–H and O–H groups in total. The second-order valence-corrected chi connectivity index (χ2v) is 5.52. The first kappa shape index (κ1) is 13.6. The molecule has 0 spiro atoms. The smallest absolute Gasteiger partial charge is 0.119 e. The topological polar surface area (TPSA) is 48.1 Å². The van der Waals surface area contributed by atoms with Crippen LogP contribution >= 0.6 is 0 Å². The predicted molar refractivity (Wildman–Crippen MR) is 94.4 cm³/mol. The first-order valence-electron chi connectivity index (χ1n) is 7.55. The Labute approximate surface area is 134 Å². The van der Waals surface area contributed by atoms with Crippen LogP contribution in [0.2, 0.25) is 0 Å². The fraction of sp³-hybridized carbons (Fsp3) is 0.0500. The predicted octanol–water partition coefficient (Wildman–Crippen LogP) is 4.55. The lowest BCUT2D eigenvalue weighted by atomic mass is 10.1. The minimum absolute atomic E-state index is 0.501. The maximum atomic E-state index is 5.88. The van der Waals surface area contributed by atoms with E-state index < -0.39 is 0 Å². The van der Waals surface area contributed by atoms with Gasteiger partial charge in [0.1, 0.15) is 12.4 Å². The maximum Gasteiger partial charge on any atom is 0.119 e. The molecular weight excluding hydrogens is 284 g/mol. The van der Waals surface area contributed by atoms with E-state index in [1.165, 1.54) is 0 Å². The number of fused-ring (bicyclic) bond motifs is 2. The lowest BCUT2D eigenvalue weighted by Gasteiger charge is -2.10. The van der Waals surface area contributed by atoms with Gasteiger partial charge in [-0.05, 0) is 48.0 Å². The number of rotatable bonds is 3. The number of hydrogen-bond acceptors (Lipinski definition) is 3. The van der Waals surface area contributed by atoms with Crippen molar-refractivity contribution in [2.45, 2.75) is 6.61 Å². The summed E-state index contributed by atoms with van der Waals surface area (Å²) in [6.07, 6.45) is 0. The number of nitrogen functional groups attached to an aromatic ring is 1. The van der Waals surface area contributed by atoms with Gasteiger partial charge in [-0.1, -0.05) is 30.3 Å². The summed E-state index contributed by atoms with van der Waals surface area (Å²) in [5.41, 5.74) is 9.55. The molecule has 0 aliphatic rings. The zero-order chi connectivity index (χ0) is 15.6. The third-order valence-electron chi connectivity index (χ3n) is 3.93. The number of aromatic nitrogens is 1. The van der Waals surface area contributed by atoms with E-state index in [0.717, 1.165) is 38.8 Å². The molecule has 0 aliphatic heterocycles. The van der Waals surface area contributed by atoms with Crippen LogP contribution in [-0.4, -0.2) is 4.98 Å². The molecule has 0 atom stereocenters. The van der Waals surface area contributed by atoms with E-state index >= 15 is 0 Å². The molecular formula is C20H16N2O. The van der Waals surface area contributed by atoms with Gasteiger partial charge in [-0.2, -0.15) is 0 Å². The van der Waals surface area contributed by atoms with Crippen LogP contribution in [0, 0.1) is 0 Å². The van der Waals surface area contributed by atoms with Gasteiger partial charge in [0.25, 0.3) is 0 Å². The Bertz CT molecular complexity index is 978. The summed E-state index contributed by atoms with van der Waals surface area (Å²) in [5, 5.41) is 2.27. The van der Waals surface area contributed by atoms with Gasteiger partial charge in [-0.15, -0.1) is 0 Å². The molecule has 0 aliphatic carbocycles. The number of pyridine rings is 1. The van der Waals surface area contributed by atoms with Gasteiger partial charge in [0.15, 0.2) is 0 Å². The highest BCUT2D eigenvalue weighted by Gasteiger charge is 2.05. The van der Waals surface area contributed by atoms with Crippen molar-refractivity contribution >= 4 is 27.5 Å². The summed E-state index contributed by atoms with van der Waals surface area (Å²) < 4.78 is 5.88. The van der Waals surface area contributed by atoms with Crippen LogP contribution in [0.5, 0.6) is 5.75 Å². The summed E-state index contributed by atoms with van der Waals surface area (Å²) in [7, 11) is 0. The molecule has 0 amide bonds. The van der Waals surface area contributed by atoms with Crippen LogP contribution in [0.15, 0.2) is 72.8 Å². The Hall–Kier alpha value is -3.07. The van der Waals surface area contributed by atoms with Gasteiger partial charge >= 0.3 is 0 Å². The molecule has 0 fully saturated rings. The number of ether oxygens (including phenoxy) is 1. The van der Waals surface area contributed by atoms with Crippen LogP contribution in [0.4, 0.5) is 5.69 Å². The lowest BCUT2D eigenvalue weighted by Crippen LogP contribution is -1.97. The lowest BCUT2D eigenvalue weighted by molar-refractivity contribution is 0.308. The van der Waals surface area contributed by atoms with Crippen molar-refractivity contribution in [1.82, 2.24) is 4.98 Å². The quantitative estimate of drug-likeness (QED) is 0.446. The first-order valence-corrected chi connectivity index (χ1v) is 7.55. The van der Waals surface area contributed by atoms with Crippen LogP contribution in [-0.2, 0) is 6.61 Å². The first-order chi connectivity index (χ1) is 11.3. The van der Waals surface area contributed by atoms with Crippen molar-refractivity contribution in [3.8, 4) is 5.75 Å². The Morgan fingerprint density at radius 2 is 1.61 bits per heavy atom. The Morgan fingerprint density at radius 3 is 2.48 bits per heavy atom. The van der Waals surface area contributed by atoms with E-state index in [-0.39, 0.29) is 0 Å². The van der Waals surface area contributed by atoms with Crippen molar-refractivity contribution in [2.24, 2.45) is 0 Å². The summed E-state index contributed by atoms with van der Waals surface area (Å²) in [4.78, 5) is 4.73. The van der Waals surface area contributed by atoms with Gasteiger partial charge in [-0.3, -0.25) is 0 Å². The van der Waals surface area contributed by atoms with E-state index in [0.29, 0.717) is 6.61 Å². The third-order valence-corrected chi connectivity index (χ3v) is 3.93. The molecule has 4 aromatic rings. The van der Waals surface area contributed by atoms with Gasteiger partial charge in [0.2, 0.25) is 0 Å². The van der Waals surface area contributed by atoms with E-state index in [9.17, 15) is 0 Å². The van der Waals surface area contributed by atoms with Gasteiger partial charge in [0.05, 0.1) is 11.0 Å². The molecule has 4 rings (SSSR count). The van der Waals surface area contributed by atoms with E-state index in [1.54, 1.807) is 0 Å². The second-order valence-electron chi connectivity index (χ2n) is 5.52. The molecule has 0 saturated heterocycles. The molecule has 3 nitrogen and oxygen atoms in total. The molecule has 0 saturated carbocycles. The normalized spacial score (nSPS) is 11.0. The Kier molecular flexibility index (Phi) is 3.31. The van der Waals surface area contributed by atoms with Crippen molar-refractivity contribution in [2.75, 3.05) is 5.73 Å². The zero-order valence-electron chi connectivity index (χ0n) is 12.6. The minimum atomic E-state index is 0.501. The third kappa shape index (κ3) is 2.69. The number of hydrogen-bond donors (Lipinski definition) is 1. The standard InChI is InChI=1S/C20H16N2O/c21-16-8-10-17(11-9-16)23-13-15-5-3-7-20-18(15)12-14-4-1-2-6-19(14)22-20/h1-12H,13,21H2. The summed E-state index contributed by atoms with van der Waals surface area (Å²) in [6, 6.07) is 23.9. The highest BCUT2D eigenvalue weighted by Crippen LogP contribution is 2.24. The van der Waals surface area contributed by atoms with Crippen LogP contribution in [0.25, 0.3) is 21.8 Å². The molecule has 112 valence electrons. The van der Waals surface area contributed by atoms with E-state index in [1.807, 2.05) is 54.6 Å². The van der Waals surface area contributed by atoms with Crippen molar-refractivity contribution in [3.05, 3.63) is 78.4 Å². The molecule has 23 heavy (non-hydrogen) atoms. The van der Waals surface area contributed by atoms with Crippen molar-refractivity contribution in [1.29, 1.82) is 0 Å². The number of nitrogens with zero attached hydrogens (tertiary/aromatic N) is 1. The second kappa shape index (κ2) is 5.61. The average molecular weight is 300 g/mol. The minimum Gasteiger partial charge on any atom is -0.489 e. The summed E-state index contributed by atoms with van der Waals surface area (Å²) >= 11 is 0. The van der Waals surface area contributed by atoms with Crippen LogP contribution in [0.3, 0.4) is 0 Å². The molecule has 3 heteroatoms. The number of benzene rings is 3. The number of anilines is 1. The SMILES string of the molecule is Nc1ccc(OCc2cccc3nc4ccccc4cc23)cc1. The fourth-order valence-corrected chi connectivity index (χ4v) is 2.71. The monoisotopic (exact) mass is 300 g/mol. The Morgan fingerprint density at radius 1 is 0.826 bits per heavy atom. The summed E-state index contributed by atoms with van der Waals surface area (Å²) in [6.45, 7) is 0.501. The van der Waals surface area contributed by atoms with Crippen LogP contribution < -0.4 is 10.5 Å². The maximum absolute atomic E-state index is 5.88. The molecule has 1 heterocycles. The average Bonchev–Trinajstić information content (AvgIpc) is 2.59. The van der Waals surface area contributed by atoms with Gasteiger partial charge < -0.3 is 10.5 Å². The van der Waals surface area contributed by atoms with Crippen LogP contribution in [0.1, 0.15) is 5.56 Å². The van der Waals surface area contributed by atoms with Crippen molar-refractivity contribution in [3.63, 3.8) is 0 Å². The van der Waals surface area contributed by atoms with Gasteiger partial charge in [-0.25, -0.2) is 4.98 Å². The molecule has 0 bridgehead atoms.